The molecular formula is C15H17N3O3. The number of anilines is 1. The van der Waals surface area contributed by atoms with Gasteiger partial charge >= 0.3 is 5.97 Å². The first-order valence-corrected chi connectivity index (χ1v) is 6.64. The molecule has 0 atom stereocenters. The number of hydrogen-bond acceptors (Lipinski definition) is 4. The average Bonchev–Trinajstić information content (AvgIpc) is 2.50. The smallest absolute Gasteiger partial charge is 0.336 e. The van der Waals surface area contributed by atoms with E-state index in [-0.39, 0.29) is 18.0 Å². The molecule has 2 rings (SSSR count). The lowest BCUT2D eigenvalue weighted by Crippen LogP contribution is -2.32. The summed E-state index contributed by atoms with van der Waals surface area (Å²) in [7, 11) is 1.73. The van der Waals surface area contributed by atoms with E-state index in [2.05, 4.69) is 10.3 Å². The van der Waals surface area contributed by atoms with Crippen LogP contribution in [0.15, 0.2) is 30.3 Å². The molecule has 6 heteroatoms. The minimum atomic E-state index is -0.983. The van der Waals surface area contributed by atoms with Gasteiger partial charge in [0.1, 0.15) is 5.82 Å². The highest BCUT2D eigenvalue weighted by atomic mass is 16.4. The number of carboxylic acid groups (broad SMARTS) is 1. The van der Waals surface area contributed by atoms with E-state index in [9.17, 15) is 9.59 Å². The van der Waals surface area contributed by atoms with Crippen LogP contribution in [-0.4, -0.2) is 47.0 Å². The Balaban J connectivity index is 2.20. The van der Waals surface area contributed by atoms with Gasteiger partial charge in [0.15, 0.2) is 0 Å². The monoisotopic (exact) mass is 287 g/mol. The van der Waals surface area contributed by atoms with Crippen molar-refractivity contribution < 1.29 is 14.7 Å². The second-order valence-corrected chi connectivity index (χ2v) is 4.64. The zero-order valence-corrected chi connectivity index (χ0v) is 12.0. The Labute approximate surface area is 122 Å². The molecule has 1 aromatic heterocycles. The van der Waals surface area contributed by atoms with Crippen LogP contribution in [0.25, 0.3) is 10.9 Å². The molecule has 0 saturated heterocycles. The van der Waals surface area contributed by atoms with E-state index in [4.69, 9.17) is 5.11 Å². The number of nitrogens with one attached hydrogen (secondary N) is 1. The first-order chi connectivity index (χ1) is 10.0. The lowest BCUT2D eigenvalue weighted by molar-refractivity contribution is -0.127. The van der Waals surface area contributed by atoms with Gasteiger partial charge in [-0.2, -0.15) is 0 Å². The molecule has 1 heterocycles. The van der Waals surface area contributed by atoms with Crippen LogP contribution in [-0.2, 0) is 4.79 Å². The maximum absolute atomic E-state index is 11.7. The Morgan fingerprint density at radius 1 is 1.29 bits per heavy atom. The van der Waals surface area contributed by atoms with Crippen molar-refractivity contribution in [2.45, 2.75) is 6.92 Å². The highest BCUT2D eigenvalue weighted by molar-refractivity contribution is 6.02. The molecule has 0 saturated carbocycles. The molecule has 0 aliphatic carbocycles. The molecule has 6 nitrogen and oxygen atoms in total. The highest BCUT2D eigenvalue weighted by Crippen LogP contribution is 2.19. The van der Waals surface area contributed by atoms with Gasteiger partial charge in [0.05, 0.1) is 17.6 Å². The fraction of sp³-hybridized carbons (Fsp3) is 0.267. The summed E-state index contributed by atoms with van der Waals surface area (Å²) in [5, 5.41) is 12.7. The molecule has 21 heavy (non-hydrogen) atoms. The van der Waals surface area contributed by atoms with Crippen LogP contribution in [0.4, 0.5) is 5.82 Å². The number of likely N-dealkylation sites (N-methyl/N-ethyl adjacent to an activating group) is 1. The third-order valence-electron chi connectivity index (χ3n) is 3.28. The molecule has 2 N–H and O–H groups in total. The van der Waals surface area contributed by atoms with Crippen molar-refractivity contribution in [1.82, 2.24) is 9.88 Å². The Hall–Kier alpha value is -2.63. The summed E-state index contributed by atoms with van der Waals surface area (Å²) >= 11 is 0. The van der Waals surface area contributed by atoms with E-state index < -0.39 is 5.97 Å². The van der Waals surface area contributed by atoms with Crippen LogP contribution in [0.2, 0.25) is 0 Å². The number of fused-ring (bicyclic) bond motifs is 1. The molecular weight excluding hydrogens is 270 g/mol. The molecule has 0 spiro atoms. The van der Waals surface area contributed by atoms with E-state index >= 15 is 0 Å². The molecule has 0 radical (unpaired) electrons. The first-order valence-electron chi connectivity index (χ1n) is 6.64. The third kappa shape index (κ3) is 3.28. The fourth-order valence-corrected chi connectivity index (χ4v) is 1.92. The topological polar surface area (TPSA) is 82.5 Å². The maximum atomic E-state index is 11.7. The van der Waals surface area contributed by atoms with Crippen molar-refractivity contribution in [3.8, 4) is 0 Å². The number of aromatic carboxylic acids is 1. The highest BCUT2D eigenvalue weighted by Gasteiger charge is 2.10. The molecule has 0 bridgehead atoms. The quantitative estimate of drug-likeness (QED) is 0.876. The second kappa shape index (κ2) is 6.21. The van der Waals surface area contributed by atoms with Crippen molar-refractivity contribution in [3.63, 3.8) is 0 Å². The van der Waals surface area contributed by atoms with Crippen molar-refractivity contribution in [2.75, 3.05) is 25.5 Å². The minimum absolute atomic E-state index is 0.0290. The standard InChI is InChI=1S/C15H17N3O3/c1-3-18(2)14(19)9-16-13-8-7-10-11(15(20)21)5-4-6-12(10)17-13/h4-8H,3,9H2,1-2H3,(H,16,17)(H,20,21). The van der Waals surface area contributed by atoms with Gasteiger partial charge in [-0.05, 0) is 31.2 Å². The predicted octanol–water partition coefficient (Wildman–Crippen LogP) is 1.82. The zero-order chi connectivity index (χ0) is 15.4. The summed E-state index contributed by atoms with van der Waals surface area (Å²) in [4.78, 5) is 28.8. The van der Waals surface area contributed by atoms with Crippen LogP contribution in [0, 0.1) is 0 Å². The van der Waals surface area contributed by atoms with Crippen molar-refractivity contribution in [1.29, 1.82) is 0 Å². The number of benzene rings is 1. The van der Waals surface area contributed by atoms with Crippen LogP contribution >= 0.6 is 0 Å². The lowest BCUT2D eigenvalue weighted by Gasteiger charge is -2.15. The number of carbonyl (C=O) groups is 2. The van der Waals surface area contributed by atoms with E-state index in [1.165, 1.54) is 0 Å². The minimum Gasteiger partial charge on any atom is -0.478 e. The number of hydrogen-bond donors (Lipinski definition) is 2. The predicted molar refractivity (Wildman–Crippen MR) is 80.5 cm³/mol. The molecule has 0 aliphatic heterocycles. The molecule has 0 fully saturated rings. The van der Waals surface area contributed by atoms with Gasteiger partial charge in [0.25, 0.3) is 0 Å². The van der Waals surface area contributed by atoms with Gasteiger partial charge < -0.3 is 15.3 Å². The van der Waals surface area contributed by atoms with Crippen molar-refractivity contribution in [3.05, 3.63) is 35.9 Å². The number of amides is 1. The zero-order valence-electron chi connectivity index (χ0n) is 12.0. The molecule has 2 aromatic rings. The number of pyridine rings is 1. The maximum Gasteiger partial charge on any atom is 0.336 e. The van der Waals surface area contributed by atoms with E-state index in [1.54, 1.807) is 42.3 Å². The van der Waals surface area contributed by atoms with E-state index in [0.29, 0.717) is 23.3 Å². The summed E-state index contributed by atoms with van der Waals surface area (Å²) < 4.78 is 0. The van der Waals surface area contributed by atoms with Crippen LogP contribution in [0.1, 0.15) is 17.3 Å². The van der Waals surface area contributed by atoms with E-state index in [0.717, 1.165) is 0 Å². The van der Waals surface area contributed by atoms with Crippen LogP contribution in [0.3, 0.4) is 0 Å². The van der Waals surface area contributed by atoms with Gasteiger partial charge in [0.2, 0.25) is 5.91 Å². The molecule has 0 unspecified atom stereocenters. The molecule has 1 aromatic carbocycles. The average molecular weight is 287 g/mol. The van der Waals surface area contributed by atoms with Crippen molar-refractivity contribution in [2.24, 2.45) is 0 Å². The lowest BCUT2D eigenvalue weighted by atomic mass is 10.1. The normalized spacial score (nSPS) is 10.4. The summed E-state index contributed by atoms with van der Waals surface area (Å²) in [5.41, 5.74) is 0.796. The molecule has 1 amide bonds. The Kier molecular flexibility index (Phi) is 4.37. The number of carbonyl (C=O) groups excluding carboxylic acids is 1. The van der Waals surface area contributed by atoms with Gasteiger partial charge in [0, 0.05) is 19.0 Å². The van der Waals surface area contributed by atoms with E-state index in [1.807, 2.05) is 6.92 Å². The van der Waals surface area contributed by atoms with Gasteiger partial charge in [-0.15, -0.1) is 0 Å². The third-order valence-corrected chi connectivity index (χ3v) is 3.28. The van der Waals surface area contributed by atoms with Crippen LogP contribution in [0.5, 0.6) is 0 Å². The second-order valence-electron chi connectivity index (χ2n) is 4.64. The van der Waals surface area contributed by atoms with Crippen LogP contribution < -0.4 is 5.32 Å². The molecule has 110 valence electrons. The number of aromatic nitrogens is 1. The Morgan fingerprint density at radius 3 is 2.71 bits per heavy atom. The van der Waals surface area contributed by atoms with Gasteiger partial charge in [-0.1, -0.05) is 6.07 Å². The summed E-state index contributed by atoms with van der Waals surface area (Å²) in [5.74, 6) is -0.468. The van der Waals surface area contributed by atoms with Gasteiger partial charge in [-0.25, -0.2) is 9.78 Å². The van der Waals surface area contributed by atoms with Crippen molar-refractivity contribution >= 4 is 28.6 Å². The summed E-state index contributed by atoms with van der Waals surface area (Å²) in [6.45, 7) is 2.70. The number of carboxylic acids is 1. The summed E-state index contributed by atoms with van der Waals surface area (Å²) in [6.07, 6.45) is 0. The molecule has 0 aliphatic rings. The van der Waals surface area contributed by atoms with Gasteiger partial charge in [-0.3, -0.25) is 4.79 Å². The Bertz CT molecular complexity index is 685. The number of rotatable bonds is 5. The first kappa shape index (κ1) is 14.8. The SMILES string of the molecule is CCN(C)C(=O)CNc1ccc2c(C(=O)O)cccc2n1. The fourth-order valence-electron chi connectivity index (χ4n) is 1.92. The Morgan fingerprint density at radius 2 is 2.05 bits per heavy atom. The largest absolute Gasteiger partial charge is 0.478 e. The summed E-state index contributed by atoms with van der Waals surface area (Å²) in [6, 6.07) is 8.31. The number of nitrogens with zero attached hydrogens (tertiary/aromatic N) is 2.